The van der Waals surface area contributed by atoms with Crippen molar-refractivity contribution in [3.63, 3.8) is 0 Å². The molecule has 0 aliphatic carbocycles. The van der Waals surface area contributed by atoms with Gasteiger partial charge in [-0.2, -0.15) is 0 Å². The summed E-state index contributed by atoms with van der Waals surface area (Å²) in [7, 11) is 0. The average Bonchev–Trinajstić information content (AvgIpc) is 2.44. The number of unbranched alkanes of at least 4 members (excludes halogenated alkanes) is 2. The van der Waals surface area contributed by atoms with E-state index in [0.717, 1.165) is 25.7 Å². The van der Waals surface area contributed by atoms with E-state index in [-0.39, 0.29) is 18.0 Å². The Morgan fingerprint density at radius 2 is 1.60 bits per heavy atom. The first kappa shape index (κ1) is 18.9. The minimum Gasteiger partial charge on any atom is -0.466 e. The Bertz CT molecular complexity index is 263. The molecule has 0 aromatic rings. The van der Waals surface area contributed by atoms with Crippen molar-refractivity contribution in [2.24, 2.45) is 0 Å². The normalized spacial score (nSPS) is 11.9. The van der Waals surface area contributed by atoms with Gasteiger partial charge in [0.05, 0.1) is 6.61 Å². The average molecular weight is 286 g/mol. The number of carbonyl (C=O) groups is 2. The standard InChI is InChI=1S/C16H30O4/c1-4-7-8-10-14(6-3)20-16(18)12-9-11-15(17)19-13-5-2/h14H,4-13H2,1-3H3. The van der Waals surface area contributed by atoms with Crippen LogP contribution in [0.15, 0.2) is 0 Å². The SMILES string of the molecule is CCCCCC(CC)OC(=O)CCCC(=O)OCCC. The Morgan fingerprint density at radius 3 is 2.20 bits per heavy atom. The van der Waals surface area contributed by atoms with Crippen LogP contribution in [0.2, 0.25) is 0 Å². The van der Waals surface area contributed by atoms with Crippen LogP contribution in [0, 0.1) is 0 Å². The van der Waals surface area contributed by atoms with E-state index in [1.54, 1.807) is 0 Å². The van der Waals surface area contributed by atoms with Crippen molar-refractivity contribution in [1.29, 1.82) is 0 Å². The zero-order valence-corrected chi connectivity index (χ0v) is 13.3. The molecule has 0 heterocycles. The van der Waals surface area contributed by atoms with Gasteiger partial charge < -0.3 is 9.47 Å². The van der Waals surface area contributed by atoms with Crippen LogP contribution in [0.1, 0.15) is 78.6 Å². The van der Waals surface area contributed by atoms with Gasteiger partial charge in [0, 0.05) is 12.8 Å². The number of esters is 2. The summed E-state index contributed by atoms with van der Waals surface area (Å²) < 4.78 is 10.4. The fraction of sp³-hybridized carbons (Fsp3) is 0.875. The summed E-state index contributed by atoms with van der Waals surface area (Å²) in [6.45, 7) is 6.60. The van der Waals surface area contributed by atoms with Gasteiger partial charge in [0.25, 0.3) is 0 Å². The smallest absolute Gasteiger partial charge is 0.306 e. The molecule has 0 saturated heterocycles. The van der Waals surface area contributed by atoms with Crippen molar-refractivity contribution < 1.29 is 19.1 Å². The Labute approximate surface area is 123 Å². The van der Waals surface area contributed by atoms with Crippen LogP contribution in [0.3, 0.4) is 0 Å². The number of ether oxygens (including phenoxy) is 2. The minimum absolute atomic E-state index is 0.0288. The number of hydrogen-bond acceptors (Lipinski definition) is 4. The molecule has 0 aromatic carbocycles. The molecule has 0 fully saturated rings. The molecule has 0 bridgehead atoms. The molecular formula is C16H30O4. The lowest BCUT2D eigenvalue weighted by Crippen LogP contribution is -2.17. The zero-order chi connectivity index (χ0) is 15.2. The van der Waals surface area contributed by atoms with Crippen molar-refractivity contribution in [2.75, 3.05) is 6.61 Å². The van der Waals surface area contributed by atoms with Gasteiger partial charge in [0.15, 0.2) is 0 Å². The predicted molar refractivity (Wildman–Crippen MR) is 79.4 cm³/mol. The van der Waals surface area contributed by atoms with Crippen LogP contribution in [0.4, 0.5) is 0 Å². The van der Waals surface area contributed by atoms with E-state index in [1.807, 2.05) is 13.8 Å². The van der Waals surface area contributed by atoms with E-state index in [0.29, 0.717) is 25.9 Å². The lowest BCUT2D eigenvalue weighted by atomic mass is 10.1. The van der Waals surface area contributed by atoms with E-state index in [1.165, 1.54) is 12.8 Å². The summed E-state index contributed by atoms with van der Waals surface area (Å²) in [6.07, 6.45) is 7.20. The molecule has 1 unspecified atom stereocenters. The van der Waals surface area contributed by atoms with Crippen molar-refractivity contribution in [1.82, 2.24) is 0 Å². The molecule has 0 aliphatic heterocycles. The molecule has 0 radical (unpaired) electrons. The third-order valence-electron chi connectivity index (χ3n) is 3.11. The van der Waals surface area contributed by atoms with Crippen LogP contribution in [-0.4, -0.2) is 24.6 Å². The van der Waals surface area contributed by atoms with E-state index < -0.39 is 0 Å². The van der Waals surface area contributed by atoms with Crippen LogP contribution in [0.25, 0.3) is 0 Å². The van der Waals surface area contributed by atoms with Crippen LogP contribution >= 0.6 is 0 Å². The van der Waals surface area contributed by atoms with E-state index in [9.17, 15) is 9.59 Å². The summed E-state index contributed by atoms with van der Waals surface area (Å²) in [5, 5.41) is 0. The number of carbonyl (C=O) groups excluding carboxylic acids is 2. The molecule has 0 aromatic heterocycles. The van der Waals surface area contributed by atoms with Crippen molar-refractivity contribution >= 4 is 11.9 Å². The van der Waals surface area contributed by atoms with Crippen molar-refractivity contribution in [3.05, 3.63) is 0 Å². The Balaban J connectivity index is 3.71. The fourth-order valence-corrected chi connectivity index (χ4v) is 1.88. The zero-order valence-electron chi connectivity index (χ0n) is 13.3. The maximum absolute atomic E-state index is 11.7. The molecule has 1 atom stereocenters. The van der Waals surface area contributed by atoms with Gasteiger partial charge in [-0.3, -0.25) is 9.59 Å². The summed E-state index contributed by atoms with van der Waals surface area (Å²) in [5.74, 6) is -0.425. The highest BCUT2D eigenvalue weighted by atomic mass is 16.5. The largest absolute Gasteiger partial charge is 0.466 e. The van der Waals surface area contributed by atoms with Gasteiger partial charge in [-0.15, -0.1) is 0 Å². The summed E-state index contributed by atoms with van der Waals surface area (Å²) in [6, 6.07) is 0. The van der Waals surface area contributed by atoms with E-state index >= 15 is 0 Å². The van der Waals surface area contributed by atoms with Crippen molar-refractivity contribution in [3.8, 4) is 0 Å². The highest BCUT2D eigenvalue weighted by Crippen LogP contribution is 2.12. The minimum atomic E-state index is -0.227. The first-order chi connectivity index (χ1) is 9.63. The number of rotatable bonds is 12. The Hall–Kier alpha value is -1.06. The third kappa shape index (κ3) is 10.8. The van der Waals surface area contributed by atoms with Gasteiger partial charge in [-0.05, 0) is 32.1 Å². The second-order valence-electron chi connectivity index (χ2n) is 5.09. The lowest BCUT2D eigenvalue weighted by Gasteiger charge is -2.15. The summed E-state index contributed by atoms with van der Waals surface area (Å²) in [4.78, 5) is 22.9. The van der Waals surface area contributed by atoms with Crippen LogP contribution < -0.4 is 0 Å². The topological polar surface area (TPSA) is 52.6 Å². The summed E-state index contributed by atoms with van der Waals surface area (Å²) in [5.41, 5.74) is 0. The first-order valence-electron chi connectivity index (χ1n) is 7.99. The van der Waals surface area contributed by atoms with Crippen LogP contribution in [0.5, 0.6) is 0 Å². The molecule has 118 valence electrons. The van der Waals surface area contributed by atoms with Gasteiger partial charge in [-0.25, -0.2) is 0 Å². The Morgan fingerprint density at radius 1 is 0.900 bits per heavy atom. The van der Waals surface area contributed by atoms with Gasteiger partial charge in [0.1, 0.15) is 6.10 Å². The maximum atomic E-state index is 11.7. The monoisotopic (exact) mass is 286 g/mol. The van der Waals surface area contributed by atoms with E-state index in [2.05, 4.69) is 6.92 Å². The number of hydrogen-bond donors (Lipinski definition) is 0. The molecule has 0 saturated carbocycles. The third-order valence-corrected chi connectivity index (χ3v) is 3.11. The van der Waals surface area contributed by atoms with Gasteiger partial charge in [-0.1, -0.05) is 33.6 Å². The molecule has 0 amide bonds. The molecule has 0 N–H and O–H groups in total. The molecule has 0 spiro atoms. The molecule has 20 heavy (non-hydrogen) atoms. The molecular weight excluding hydrogens is 256 g/mol. The molecule has 0 rings (SSSR count). The summed E-state index contributed by atoms with van der Waals surface area (Å²) >= 11 is 0. The predicted octanol–water partition coefficient (Wildman–Crippen LogP) is 4.01. The lowest BCUT2D eigenvalue weighted by molar-refractivity contribution is -0.150. The second kappa shape index (κ2) is 12.9. The highest BCUT2D eigenvalue weighted by Gasteiger charge is 2.13. The van der Waals surface area contributed by atoms with Gasteiger partial charge in [0.2, 0.25) is 0 Å². The maximum Gasteiger partial charge on any atom is 0.306 e. The van der Waals surface area contributed by atoms with Gasteiger partial charge >= 0.3 is 11.9 Å². The van der Waals surface area contributed by atoms with Crippen molar-refractivity contribution in [2.45, 2.75) is 84.7 Å². The Kier molecular flexibility index (Phi) is 12.3. The molecule has 4 nitrogen and oxygen atoms in total. The van der Waals surface area contributed by atoms with Crippen LogP contribution in [-0.2, 0) is 19.1 Å². The fourth-order valence-electron chi connectivity index (χ4n) is 1.88. The quantitative estimate of drug-likeness (QED) is 0.402. The first-order valence-corrected chi connectivity index (χ1v) is 7.99. The van der Waals surface area contributed by atoms with E-state index in [4.69, 9.17) is 9.47 Å². The molecule has 0 aliphatic rings. The molecule has 4 heteroatoms. The highest BCUT2D eigenvalue weighted by molar-refractivity contribution is 5.72. The second-order valence-corrected chi connectivity index (χ2v) is 5.09.